The zero-order chi connectivity index (χ0) is 14.5. The molecule has 110 valence electrons. The van der Waals surface area contributed by atoms with Gasteiger partial charge in [-0.1, -0.05) is 13.8 Å². The van der Waals surface area contributed by atoms with Gasteiger partial charge in [-0.3, -0.25) is 9.59 Å². The van der Waals surface area contributed by atoms with Crippen LogP contribution in [0.3, 0.4) is 0 Å². The fourth-order valence-corrected chi connectivity index (χ4v) is 2.45. The molecule has 0 aliphatic carbocycles. The first-order chi connectivity index (χ1) is 8.98. The second-order valence-corrected chi connectivity index (χ2v) is 5.18. The quantitative estimate of drug-likeness (QED) is 0.764. The topological polar surface area (TPSA) is 72.6 Å². The number of esters is 1. The van der Waals surface area contributed by atoms with E-state index in [1.807, 2.05) is 20.8 Å². The summed E-state index contributed by atoms with van der Waals surface area (Å²) in [4.78, 5) is 25.8. The number of rotatable bonds is 5. The molecule has 0 bridgehead atoms. The van der Waals surface area contributed by atoms with E-state index in [4.69, 9.17) is 10.5 Å². The van der Waals surface area contributed by atoms with Gasteiger partial charge < -0.3 is 15.4 Å². The summed E-state index contributed by atoms with van der Waals surface area (Å²) in [5, 5.41) is 0. The van der Waals surface area contributed by atoms with Gasteiger partial charge in [-0.25, -0.2) is 0 Å². The van der Waals surface area contributed by atoms with Crippen molar-refractivity contribution in [1.29, 1.82) is 0 Å². The fraction of sp³-hybridized carbons (Fsp3) is 0.857. The molecule has 1 aliphatic heterocycles. The summed E-state index contributed by atoms with van der Waals surface area (Å²) in [5.74, 6) is -0.196. The Morgan fingerprint density at radius 2 is 1.74 bits per heavy atom. The molecule has 1 saturated heterocycles. The number of carbonyl (C=O) groups excluding carboxylic acids is 2. The Labute approximate surface area is 115 Å². The lowest BCUT2D eigenvalue weighted by Crippen LogP contribution is -2.56. The van der Waals surface area contributed by atoms with Crippen LogP contribution in [0.5, 0.6) is 0 Å². The van der Waals surface area contributed by atoms with Gasteiger partial charge in [-0.15, -0.1) is 0 Å². The highest BCUT2D eigenvalue weighted by Gasteiger charge is 2.36. The van der Waals surface area contributed by atoms with Crippen molar-refractivity contribution in [3.05, 3.63) is 0 Å². The minimum absolute atomic E-state index is 0.0137. The van der Waals surface area contributed by atoms with Crippen LogP contribution in [-0.4, -0.2) is 42.0 Å². The molecule has 0 spiro atoms. The largest absolute Gasteiger partial charge is 0.466 e. The van der Waals surface area contributed by atoms with Gasteiger partial charge in [0.2, 0.25) is 5.91 Å². The van der Waals surface area contributed by atoms with Gasteiger partial charge in [0.25, 0.3) is 0 Å². The smallest absolute Gasteiger partial charge is 0.309 e. The van der Waals surface area contributed by atoms with Gasteiger partial charge in [0.15, 0.2) is 0 Å². The molecule has 0 radical (unpaired) electrons. The lowest BCUT2D eigenvalue weighted by Gasteiger charge is -2.37. The highest BCUT2D eigenvalue weighted by molar-refractivity contribution is 5.86. The molecule has 0 aromatic rings. The van der Waals surface area contributed by atoms with Crippen molar-refractivity contribution in [2.24, 2.45) is 11.7 Å². The SMILES string of the molecule is CCOC(=O)C1CCN(C(=O)C(N)(CC)CC)CC1. The highest BCUT2D eigenvalue weighted by Crippen LogP contribution is 2.23. The number of nitrogens with zero attached hydrogens (tertiary/aromatic N) is 1. The summed E-state index contributed by atoms with van der Waals surface area (Å²) in [6, 6.07) is 0. The average Bonchev–Trinajstić information content (AvgIpc) is 2.46. The Bertz CT molecular complexity index is 319. The molecule has 1 heterocycles. The number of nitrogens with two attached hydrogens (primary N) is 1. The van der Waals surface area contributed by atoms with Crippen molar-refractivity contribution in [2.45, 2.75) is 52.0 Å². The van der Waals surface area contributed by atoms with E-state index in [1.165, 1.54) is 0 Å². The summed E-state index contributed by atoms with van der Waals surface area (Å²) in [5.41, 5.74) is 5.38. The number of hydrogen-bond acceptors (Lipinski definition) is 4. The van der Waals surface area contributed by atoms with Crippen molar-refractivity contribution in [2.75, 3.05) is 19.7 Å². The van der Waals surface area contributed by atoms with Gasteiger partial charge in [0.1, 0.15) is 0 Å². The molecule has 0 aromatic carbocycles. The predicted molar refractivity (Wildman–Crippen MR) is 73.4 cm³/mol. The second-order valence-electron chi connectivity index (χ2n) is 5.18. The minimum Gasteiger partial charge on any atom is -0.466 e. The van der Waals surface area contributed by atoms with Crippen LogP contribution in [-0.2, 0) is 14.3 Å². The number of hydrogen-bond donors (Lipinski definition) is 1. The van der Waals surface area contributed by atoms with Crippen LogP contribution in [0.1, 0.15) is 46.5 Å². The molecular formula is C14H26N2O3. The normalized spacial score (nSPS) is 17.4. The summed E-state index contributed by atoms with van der Waals surface area (Å²) >= 11 is 0. The number of ether oxygens (including phenoxy) is 1. The van der Waals surface area contributed by atoms with Crippen molar-refractivity contribution < 1.29 is 14.3 Å². The molecule has 5 heteroatoms. The Hall–Kier alpha value is -1.10. The Kier molecular flexibility index (Phi) is 5.79. The van der Waals surface area contributed by atoms with Crippen LogP contribution in [0.25, 0.3) is 0 Å². The van der Waals surface area contributed by atoms with E-state index in [9.17, 15) is 9.59 Å². The monoisotopic (exact) mass is 270 g/mol. The van der Waals surface area contributed by atoms with Gasteiger partial charge in [-0.05, 0) is 32.6 Å². The number of piperidine rings is 1. The van der Waals surface area contributed by atoms with E-state index >= 15 is 0 Å². The summed E-state index contributed by atoms with van der Waals surface area (Å²) in [7, 11) is 0. The van der Waals surface area contributed by atoms with E-state index in [0.717, 1.165) is 0 Å². The molecule has 0 atom stereocenters. The molecule has 1 amide bonds. The lowest BCUT2D eigenvalue weighted by molar-refractivity contribution is -0.152. The summed E-state index contributed by atoms with van der Waals surface area (Å²) < 4.78 is 5.02. The van der Waals surface area contributed by atoms with Gasteiger partial charge in [0.05, 0.1) is 18.1 Å². The first kappa shape index (κ1) is 16.0. The standard InChI is InChI=1S/C14H26N2O3/c1-4-14(15,5-2)13(18)16-9-7-11(8-10-16)12(17)19-6-3/h11H,4-10,15H2,1-3H3. The van der Waals surface area contributed by atoms with Crippen LogP contribution in [0.15, 0.2) is 0 Å². The van der Waals surface area contributed by atoms with E-state index in [2.05, 4.69) is 0 Å². The second kappa shape index (κ2) is 6.89. The molecule has 19 heavy (non-hydrogen) atoms. The summed E-state index contributed by atoms with van der Waals surface area (Å²) in [6.45, 7) is 7.29. The zero-order valence-electron chi connectivity index (χ0n) is 12.3. The molecule has 5 nitrogen and oxygen atoms in total. The Morgan fingerprint density at radius 1 is 1.21 bits per heavy atom. The molecular weight excluding hydrogens is 244 g/mol. The average molecular weight is 270 g/mol. The molecule has 2 N–H and O–H groups in total. The Balaban J connectivity index is 2.54. The van der Waals surface area contributed by atoms with Crippen LogP contribution in [0.4, 0.5) is 0 Å². The van der Waals surface area contributed by atoms with E-state index in [-0.39, 0.29) is 17.8 Å². The van der Waals surface area contributed by atoms with Crippen LogP contribution >= 0.6 is 0 Å². The van der Waals surface area contributed by atoms with Crippen molar-refractivity contribution in [1.82, 2.24) is 4.90 Å². The van der Waals surface area contributed by atoms with E-state index in [1.54, 1.807) is 4.90 Å². The third-order valence-electron chi connectivity index (χ3n) is 4.09. The number of likely N-dealkylation sites (tertiary alicyclic amines) is 1. The first-order valence-electron chi connectivity index (χ1n) is 7.23. The predicted octanol–water partition coefficient (Wildman–Crippen LogP) is 1.31. The van der Waals surface area contributed by atoms with E-state index < -0.39 is 5.54 Å². The van der Waals surface area contributed by atoms with E-state index in [0.29, 0.717) is 45.4 Å². The van der Waals surface area contributed by atoms with Crippen molar-refractivity contribution in [3.63, 3.8) is 0 Å². The number of carbonyl (C=O) groups is 2. The van der Waals surface area contributed by atoms with Crippen LogP contribution in [0.2, 0.25) is 0 Å². The zero-order valence-corrected chi connectivity index (χ0v) is 12.3. The molecule has 0 saturated carbocycles. The molecule has 1 fully saturated rings. The molecule has 1 rings (SSSR count). The Morgan fingerprint density at radius 3 is 2.16 bits per heavy atom. The van der Waals surface area contributed by atoms with Crippen LogP contribution in [0, 0.1) is 5.92 Å². The molecule has 1 aliphatic rings. The van der Waals surface area contributed by atoms with Crippen molar-refractivity contribution >= 4 is 11.9 Å². The molecule has 0 aromatic heterocycles. The fourth-order valence-electron chi connectivity index (χ4n) is 2.45. The summed E-state index contributed by atoms with van der Waals surface area (Å²) in [6.07, 6.45) is 2.63. The van der Waals surface area contributed by atoms with Crippen LogP contribution < -0.4 is 5.73 Å². The maximum absolute atomic E-state index is 12.4. The molecule has 0 unspecified atom stereocenters. The lowest BCUT2D eigenvalue weighted by atomic mass is 9.90. The minimum atomic E-state index is -0.753. The van der Waals surface area contributed by atoms with Gasteiger partial charge in [0, 0.05) is 13.1 Å². The highest BCUT2D eigenvalue weighted by atomic mass is 16.5. The third kappa shape index (κ3) is 3.69. The first-order valence-corrected chi connectivity index (χ1v) is 7.23. The maximum Gasteiger partial charge on any atom is 0.309 e. The van der Waals surface area contributed by atoms with Gasteiger partial charge >= 0.3 is 5.97 Å². The number of amides is 1. The maximum atomic E-state index is 12.4. The van der Waals surface area contributed by atoms with Crippen molar-refractivity contribution in [3.8, 4) is 0 Å². The van der Waals surface area contributed by atoms with Gasteiger partial charge in [-0.2, -0.15) is 0 Å². The third-order valence-corrected chi connectivity index (χ3v) is 4.09.